The molecule has 0 aromatic heterocycles. The largest absolute Gasteiger partial charge is 0.489 e. The van der Waals surface area contributed by atoms with Crippen LogP contribution in [0.2, 0.25) is 0 Å². The van der Waals surface area contributed by atoms with E-state index in [1.807, 2.05) is 19.9 Å². The topological polar surface area (TPSA) is 89.9 Å². The highest BCUT2D eigenvalue weighted by molar-refractivity contribution is 6.23. The number of ether oxygens (including phenoxy) is 2. The molecule has 6 heteroatoms. The van der Waals surface area contributed by atoms with E-state index in [0.29, 0.717) is 29.6 Å². The number of rotatable bonds is 11. The summed E-state index contributed by atoms with van der Waals surface area (Å²) < 4.78 is 10.1. The molecule has 0 bridgehead atoms. The fourth-order valence-electron chi connectivity index (χ4n) is 3.07. The normalized spacial score (nSPS) is 16.4. The third kappa shape index (κ3) is 6.87. The molecule has 0 aromatic carbocycles. The van der Waals surface area contributed by atoms with Gasteiger partial charge < -0.3 is 14.6 Å². The fourth-order valence-corrected chi connectivity index (χ4v) is 3.07. The Kier molecular flexibility index (Phi) is 10.0. The van der Waals surface area contributed by atoms with Crippen molar-refractivity contribution in [2.75, 3.05) is 14.2 Å². The van der Waals surface area contributed by atoms with Crippen molar-refractivity contribution in [3.63, 3.8) is 0 Å². The van der Waals surface area contributed by atoms with Crippen LogP contribution in [0.5, 0.6) is 0 Å². The van der Waals surface area contributed by atoms with Crippen LogP contribution >= 0.6 is 0 Å². The Hall–Kier alpha value is -2.89. The Morgan fingerprint density at radius 2 is 1.37 bits per heavy atom. The molecule has 6 nitrogen and oxygen atoms in total. The first-order valence-electron chi connectivity index (χ1n) is 9.96. The molecule has 0 spiro atoms. The Morgan fingerprint density at radius 1 is 0.867 bits per heavy atom. The van der Waals surface area contributed by atoms with Gasteiger partial charge in [-0.1, -0.05) is 29.4 Å². The lowest BCUT2D eigenvalue weighted by molar-refractivity contribution is -0.132. The number of carbonyl (C=O) groups is 3. The second-order valence-corrected chi connectivity index (χ2v) is 7.40. The lowest BCUT2D eigenvalue weighted by Gasteiger charge is -2.19. The van der Waals surface area contributed by atoms with Crippen LogP contribution in [-0.4, -0.2) is 36.9 Å². The molecule has 1 N–H and O–H groups in total. The standard InChI is InChI=1S/C24H32O6/c1-15(11-8-12-17(3)24(27)28)9-7-10-16(2)13-14-19-18(4)20(25)22(29-5)23(30-6)21(19)26/h9,12-13H,7-8,10-11,14H2,1-6H3,(H,27,28). The summed E-state index contributed by atoms with van der Waals surface area (Å²) >= 11 is 0. The van der Waals surface area contributed by atoms with E-state index in [1.165, 1.54) is 19.8 Å². The average Bonchev–Trinajstić information content (AvgIpc) is 2.70. The summed E-state index contributed by atoms with van der Waals surface area (Å²) in [6.45, 7) is 7.27. The number of carbonyl (C=O) groups excluding carboxylic acids is 2. The maximum Gasteiger partial charge on any atom is 0.330 e. The summed E-state index contributed by atoms with van der Waals surface area (Å²) in [6, 6.07) is 0. The van der Waals surface area contributed by atoms with Gasteiger partial charge in [0.05, 0.1) is 14.2 Å². The van der Waals surface area contributed by atoms with Gasteiger partial charge in [0.1, 0.15) is 0 Å². The third-order valence-electron chi connectivity index (χ3n) is 5.11. The summed E-state index contributed by atoms with van der Waals surface area (Å²) in [4.78, 5) is 35.8. The van der Waals surface area contributed by atoms with E-state index in [-0.39, 0.29) is 23.1 Å². The van der Waals surface area contributed by atoms with Crippen molar-refractivity contribution in [1.29, 1.82) is 0 Å². The molecule has 0 aromatic rings. The van der Waals surface area contributed by atoms with Crippen molar-refractivity contribution in [1.82, 2.24) is 0 Å². The quantitative estimate of drug-likeness (QED) is 0.295. The smallest absolute Gasteiger partial charge is 0.330 e. The van der Waals surface area contributed by atoms with Crippen LogP contribution in [0.15, 0.2) is 57.6 Å². The number of carboxylic acids is 1. The van der Waals surface area contributed by atoms with E-state index < -0.39 is 5.97 Å². The lowest BCUT2D eigenvalue weighted by atomic mass is 9.90. The van der Waals surface area contributed by atoms with Gasteiger partial charge in [-0.15, -0.1) is 0 Å². The highest BCUT2D eigenvalue weighted by Crippen LogP contribution is 2.28. The zero-order valence-electron chi connectivity index (χ0n) is 18.8. The lowest BCUT2D eigenvalue weighted by Crippen LogP contribution is -2.24. The molecule has 0 saturated heterocycles. The number of ketones is 2. The number of hydrogen-bond acceptors (Lipinski definition) is 5. The molecule has 1 aliphatic carbocycles. The van der Waals surface area contributed by atoms with Crippen LogP contribution in [0.25, 0.3) is 0 Å². The van der Waals surface area contributed by atoms with E-state index in [4.69, 9.17) is 14.6 Å². The highest BCUT2D eigenvalue weighted by Gasteiger charge is 2.33. The van der Waals surface area contributed by atoms with Crippen molar-refractivity contribution >= 4 is 17.5 Å². The van der Waals surface area contributed by atoms with Gasteiger partial charge in [-0.3, -0.25) is 9.59 Å². The molecule has 0 atom stereocenters. The summed E-state index contributed by atoms with van der Waals surface area (Å²) in [7, 11) is 2.70. The minimum absolute atomic E-state index is 0.0418. The number of Topliss-reactive ketones (excluding diaryl/α,β-unsaturated/α-hetero) is 2. The average molecular weight is 417 g/mol. The van der Waals surface area contributed by atoms with Crippen LogP contribution < -0.4 is 0 Å². The molecule has 0 saturated carbocycles. The third-order valence-corrected chi connectivity index (χ3v) is 5.11. The van der Waals surface area contributed by atoms with Crippen LogP contribution in [0, 0.1) is 0 Å². The van der Waals surface area contributed by atoms with Crippen LogP contribution in [-0.2, 0) is 23.9 Å². The van der Waals surface area contributed by atoms with E-state index in [2.05, 4.69) is 6.08 Å². The highest BCUT2D eigenvalue weighted by atomic mass is 16.5. The van der Waals surface area contributed by atoms with Crippen LogP contribution in [0.1, 0.15) is 59.8 Å². The molecule has 0 unspecified atom stereocenters. The summed E-state index contributed by atoms with van der Waals surface area (Å²) in [6.07, 6.45) is 9.45. The molecule has 0 radical (unpaired) electrons. The summed E-state index contributed by atoms with van der Waals surface area (Å²) in [5.41, 5.74) is 3.53. The molecule has 164 valence electrons. The van der Waals surface area contributed by atoms with E-state index in [0.717, 1.165) is 24.8 Å². The molecule has 0 amide bonds. The molecular weight excluding hydrogens is 384 g/mol. The van der Waals surface area contributed by atoms with E-state index in [9.17, 15) is 14.4 Å². The van der Waals surface area contributed by atoms with E-state index >= 15 is 0 Å². The predicted octanol–water partition coefficient (Wildman–Crippen LogP) is 4.83. The maximum atomic E-state index is 12.6. The van der Waals surface area contributed by atoms with Gasteiger partial charge in [-0.2, -0.15) is 0 Å². The van der Waals surface area contributed by atoms with E-state index in [1.54, 1.807) is 19.9 Å². The van der Waals surface area contributed by atoms with Gasteiger partial charge in [0.2, 0.25) is 23.1 Å². The molecule has 1 aliphatic rings. The molecule has 0 heterocycles. The minimum Gasteiger partial charge on any atom is -0.489 e. The van der Waals surface area contributed by atoms with Gasteiger partial charge in [-0.25, -0.2) is 4.79 Å². The minimum atomic E-state index is -0.882. The Bertz CT molecular complexity index is 849. The first kappa shape index (κ1) is 25.1. The number of hydrogen-bond donors (Lipinski definition) is 1. The Morgan fingerprint density at radius 3 is 1.90 bits per heavy atom. The molecular formula is C24H32O6. The maximum absolute atomic E-state index is 12.6. The van der Waals surface area contributed by atoms with Gasteiger partial charge in [0, 0.05) is 16.7 Å². The SMILES string of the molecule is COC1=C(OC)C(=O)C(CC=C(C)CCC=C(C)CCC=C(C)C(=O)O)=C(C)C1=O. The second-order valence-electron chi connectivity index (χ2n) is 7.40. The van der Waals surface area contributed by atoms with Crippen molar-refractivity contribution in [3.05, 3.63) is 57.6 Å². The van der Waals surface area contributed by atoms with Gasteiger partial charge >= 0.3 is 5.97 Å². The summed E-state index contributed by atoms with van der Waals surface area (Å²) in [5, 5.41) is 8.85. The van der Waals surface area contributed by atoms with Gasteiger partial charge in [0.25, 0.3) is 0 Å². The van der Waals surface area contributed by atoms with Crippen molar-refractivity contribution in [2.45, 2.75) is 59.8 Å². The van der Waals surface area contributed by atoms with Gasteiger partial charge in [-0.05, 0) is 59.8 Å². The number of carboxylic acid groups (broad SMARTS) is 1. The molecule has 1 rings (SSSR count). The first-order chi connectivity index (χ1) is 14.1. The van der Waals surface area contributed by atoms with Crippen molar-refractivity contribution in [2.24, 2.45) is 0 Å². The Balaban J connectivity index is 2.66. The van der Waals surface area contributed by atoms with Crippen LogP contribution in [0.3, 0.4) is 0 Å². The zero-order chi connectivity index (χ0) is 22.8. The molecule has 0 fully saturated rings. The number of methoxy groups -OCH3 is 2. The summed E-state index contributed by atoms with van der Waals surface area (Å²) in [5.74, 6) is -1.59. The van der Waals surface area contributed by atoms with Crippen molar-refractivity contribution in [3.8, 4) is 0 Å². The monoisotopic (exact) mass is 416 g/mol. The number of allylic oxidation sites excluding steroid dienone is 7. The Labute approximate surface area is 178 Å². The second kappa shape index (κ2) is 12.0. The number of aliphatic carboxylic acids is 1. The molecule has 30 heavy (non-hydrogen) atoms. The van der Waals surface area contributed by atoms with Crippen molar-refractivity contribution < 1.29 is 29.0 Å². The first-order valence-corrected chi connectivity index (χ1v) is 9.96. The predicted molar refractivity (Wildman–Crippen MR) is 116 cm³/mol. The van der Waals surface area contributed by atoms with Crippen LogP contribution in [0.4, 0.5) is 0 Å². The van der Waals surface area contributed by atoms with Gasteiger partial charge in [0.15, 0.2) is 0 Å². The zero-order valence-corrected chi connectivity index (χ0v) is 18.8. The fraction of sp³-hybridized carbons (Fsp3) is 0.458. The molecule has 0 aliphatic heterocycles.